The van der Waals surface area contributed by atoms with E-state index in [1.54, 1.807) is 0 Å². The summed E-state index contributed by atoms with van der Waals surface area (Å²) < 4.78 is 51.2. The Morgan fingerprint density at radius 3 is 2.30 bits per heavy atom. The van der Waals surface area contributed by atoms with Gasteiger partial charge in [0, 0.05) is 11.8 Å². The molecule has 0 aliphatic rings. The molecule has 1 heterocycles. The number of hydrogen-bond donors (Lipinski definition) is 0. The van der Waals surface area contributed by atoms with E-state index in [0.29, 0.717) is 5.56 Å². The smallest absolute Gasteiger partial charge is 0.228 e. The zero-order valence-corrected chi connectivity index (χ0v) is 10.1. The van der Waals surface area contributed by atoms with Crippen LogP contribution < -0.4 is 0 Å². The molecule has 0 fully saturated rings. The highest BCUT2D eigenvalue weighted by molar-refractivity contribution is 5.67. The first-order valence-electron chi connectivity index (χ1n) is 5.61. The van der Waals surface area contributed by atoms with E-state index in [0.717, 1.165) is 12.1 Å². The summed E-state index contributed by atoms with van der Waals surface area (Å²) in [6, 6.07) is 7.44. The van der Waals surface area contributed by atoms with Crippen LogP contribution in [0.2, 0.25) is 0 Å². The highest BCUT2D eigenvalue weighted by atomic mass is 19.4. The fourth-order valence-corrected chi connectivity index (χ4v) is 1.84. The van der Waals surface area contributed by atoms with Crippen LogP contribution in [0.25, 0.3) is 11.1 Å². The molecule has 0 spiro atoms. The molecule has 1 aromatic carbocycles. The first kappa shape index (κ1) is 14.0. The van der Waals surface area contributed by atoms with Crippen molar-refractivity contribution in [1.29, 1.82) is 5.26 Å². The Morgan fingerprint density at radius 1 is 1.10 bits per heavy atom. The number of halogens is 4. The molecule has 0 amide bonds. The van der Waals surface area contributed by atoms with Gasteiger partial charge in [0.2, 0.25) is 5.95 Å². The molecule has 20 heavy (non-hydrogen) atoms. The van der Waals surface area contributed by atoms with Gasteiger partial charge in [0.25, 0.3) is 0 Å². The molecule has 2 rings (SSSR count). The molecule has 0 N–H and O–H groups in total. The van der Waals surface area contributed by atoms with E-state index >= 15 is 0 Å². The number of aromatic nitrogens is 1. The monoisotopic (exact) mass is 280 g/mol. The minimum absolute atomic E-state index is 0.0458. The lowest BCUT2D eigenvalue weighted by atomic mass is 9.99. The summed E-state index contributed by atoms with van der Waals surface area (Å²) in [6.45, 7) is 0. The van der Waals surface area contributed by atoms with Gasteiger partial charge in [-0.15, -0.1) is 0 Å². The minimum atomic E-state index is -4.44. The summed E-state index contributed by atoms with van der Waals surface area (Å²) in [5.41, 5.74) is -0.108. The van der Waals surface area contributed by atoms with Crippen LogP contribution in [0.1, 0.15) is 11.1 Å². The van der Waals surface area contributed by atoms with Crippen molar-refractivity contribution < 1.29 is 17.6 Å². The second-order valence-electron chi connectivity index (χ2n) is 4.05. The van der Waals surface area contributed by atoms with Crippen molar-refractivity contribution in [2.24, 2.45) is 0 Å². The molecule has 1 aromatic heterocycles. The Hall–Kier alpha value is -2.42. The zero-order valence-electron chi connectivity index (χ0n) is 10.1. The highest BCUT2D eigenvalue weighted by Crippen LogP contribution is 2.32. The van der Waals surface area contributed by atoms with Crippen molar-refractivity contribution in [2.45, 2.75) is 12.6 Å². The van der Waals surface area contributed by atoms with Gasteiger partial charge in [-0.1, -0.05) is 12.1 Å². The second-order valence-corrected chi connectivity index (χ2v) is 4.05. The first-order valence-corrected chi connectivity index (χ1v) is 5.61. The summed E-state index contributed by atoms with van der Waals surface area (Å²) in [5.74, 6) is -0.808. The van der Waals surface area contributed by atoms with Crippen molar-refractivity contribution in [1.82, 2.24) is 4.98 Å². The first-order chi connectivity index (χ1) is 9.43. The van der Waals surface area contributed by atoms with Crippen molar-refractivity contribution in [3.8, 4) is 17.2 Å². The minimum Gasteiger partial charge on any atom is -0.228 e. The fourth-order valence-electron chi connectivity index (χ4n) is 1.84. The number of nitriles is 1. The molecule has 6 heteroatoms. The fraction of sp³-hybridized carbons (Fsp3) is 0.143. The number of hydrogen-bond acceptors (Lipinski definition) is 2. The van der Waals surface area contributed by atoms with Crippen LogP contribution in [0.4, 0.5) is 17.6 Å². The van der Waals surface area contributed by atoms with Crippen molar-refractivity contribution in [2.75, 3.05) is 0 Å². The number of pyridine rings is 1. The number of alkyl halides is 3. The van der Waals surface area contributed by atoms with Crippen LogP contribution >= 0.6 is 0 Å². The number of benzene rings is 1. The largest absolute Gasteiger partial charge is 0.416 e. The van der Waals surface area contributed by atoms with Gasteiger partial charge in [0.05, 0.1) is 18.1 Å². The maximum atomic E-state index is 13.8. The third kappa shape index (κ3) is 2.77. The van der Waals surface area contributed by atoms with Gasteiger partial charge < -0.3 is 0 Å². The quantitative estimate of drug-likeness (QED) is 0.616. The summed E-state index contributed by atoms with van der Waals surface area (Å²) in [5, 5.41) is 8.69. The molecule has 0 aliphatic heterocycles. The predicted molar refractivity (Wildman–Crippen MR) is 64.0 cm³/mol. The summed E-state index contributed by atoms with van der Waals surface area (Å²) in [4.78, 5) is 3.47. The van der Waals surface area contributed by atoms with E-state index in [4.69, 9.17) is 5.26 Å². The van der Waals surface area contributed by atoms with Crippen molar-refractivity contribution in [3.05, 3.63) is 53.6 Å². The van der Waals surface area contributed by atoms with Crippen molar-refractivity contribution in [3.63, 3.8) is 0 Å². The molecular formula is C14H8F4N2. The third-order valence-corrected chi connectivity index (χ3v) is 2.76. The van der Waals surface area contributed by atoms with Crippen LogP contribution in [0.15, 0.2) is 36.5 Å². The molecule has 0 aliphatic carbocycles. The molecule has 2 aromatic rings. The molecule has 0 unspecified atom stereocenters. The molecular weight excluding hydrogens is 272 g/mol. The number of nitrogens with zero attached hydrogens (tertiary/aromatic N) is 2. The molecule has 0 atom stereocenters. The Morgan fingerprint density at radius 2 is 1.75 bits per heavy atom. The van der Waals surface area contributed by atoms with Crippen LogP contribution in [0.3, 0.4) is 0 Å². The lowest BCUT2D eigenvalue weighted by Crippen LogP contribution is -2.04. The topological polar surface area (TPSA) is 36.7 Å². The average molecular weight is 280 g/mol. The third-order valence-electron chi connectivity index (χ3n) is 2.76. The van der Waals surface area contributed by atoms with Crippen LogP contribution in [0, 0.1) is 17.3 Å². The molecule has 0 saturated heterocycles. The maximum absolute atomic E-state index is 13.8. The normalized spacial score (nSPS) is 11.2. The molecule has 102 valence electrons. The van der Waals surface area contributed by atoms with E-state index < -0.39 is 17.7 Å². The second kappa shape index (κ2) is 5.29. The Labute approximate surface area is 112 Å². The lowest BCUT2D eigenvalue weighted by Gasteiger charge is -2.10. The Bertz CT molecular complexity index is 654. The lowest BCUT2D eigenvalue weighted by molar-refractivity contribution is -0.137. The predicted octanol–water partition coefficient (Wildman–Crippen LogP) is 3.97. The standard InChI is InChI=1S/C14H8F4N2/c15-13-12(10(5-7-19)6-8-20-13)9-1-3-11(4-2-9)14(16,17)18/h1-4,6,8H,5H2. The Balaban J connectivity index is 2.50. The van der Waals surface area contributed by atoms with Crippen LogP contribution in [-0.2, 0) is 12.6 Å². The van der Waals surface area contributed by atoms with Gasteiger partial charge >= 0.3 is 6.18 Å². The Kier molecular flexibility index (Phi) is 3.70. The summed E-state index contributed by atoms with van der Waals surface area (Å²) in [7, 11) is 0. The van der Waals surface area contributed by atoms with Gasteiger partial charge in [-0.05, 0) is 29.3 Å². The summed E-state index contributed by atoms with van der Waals surface area (Å²) >= 11 is 0. The van der Waals surface area contributed by atoms with Gasteiger partial charge in [-0.2, -0.15) is 22.8 Å². The van der Waals surface area contributed by atoms with E-state index in [2.05, 4.69) is 4.98 Å². The van der Waals surface area contributed by atoms with E-state index in [-0.39, 0.29) is 17.5 Å². The van der Waals surface area contributed by atoms with E-state index in [1.807, 2.05) is 6.07 Å². The van der Waals surface area contributed by atoms with Crippen molar-refractivity contribution >= 4 is 0 Å². The average Bonchev–Trinajstić information content (AvgIpc) is 2.38. The molecule has 0 radical (unpaired) electrons. The van der Waals surface area contributed by atoms with Crippen LogP contribution in [-0.4, -0.2) is 4.98 Å². The van der Waals surface area contributed by atoms with Gasteiger partial charge in [-0.25, -0.2) is 4.98 Å². The van der Waals surface area contributed by atoms with E-state index in [9.17, 15) is 17.6 Å². The maximum Gasteiger partial charge on any atom is 0.416 e. The molecule has 0 bridgehead atoms. The van der Waals surface area contributed by atoms with Gasteiger partial charge in [0.15, 0.2) is 0 Å². The van der Waals surface area contributed by atoms with Crippen LogP contribution in [0.5, 0.6) is 0 Å². The van der Waals surface area contributed by atoms with Gasteiger partial charge in [0.1, 0.15) is 0 Å². The molecule has 2 nitrogen and oxygen atoms in total. The highest BCUT2D eigenvalue weighted by Gasteiger charge is 2.30. The van der Waals surface area contributed by atoms with Gasteiger partial charge in [-0.3, -0.25) is 0 Å². The number of rotatable bonds is 2. The SMILES string of the molecule is N#CCc1ccnc(F)c1-c1ccc(C(F)(F)F)cc1. The molecule has 0 saturated carbocycles. The van der Waals surface area contributed by atoms with E-state index in [1.165, 1.54) is 24.4 Å². The zero-order chi connectivity index (χ0) is 14.8. The summed E-state index contributed by atoms with van der Waals surface area (Å²) in [6.07, 6.45) is -3.27.